The molecule has 1 amide bonds. The number of amides is 1. The van der Waals surface area contributed by atoms with Gasteiger partial charge < -0.3 is 15.6 Å². The number of nitrogen functional groups attached to an aromatic ring is 1. The van der Waals surface area contributed by atoms with Gasteiger partial charge in [0.2, 0.25) is 0 Å². The Bertz CT molecular complexity index is 621. The molecule has 0 aliphatic carbocycles. The van der Waals surface area contributed by atoms with E-state index < -0.39 is 0 Å². The summed E-state index contributed by atoms with van der Waals surface area (Å²) < 4.78 is 15.0. The number of aromatic nitrogens is 1. The molecular formula is C15H18FN3O. The Hall–Kier alpha value is -2.30. The lowest BCUT2D eigenvalue weighted by atomic mass is 10.1. The predicted molar refractivity (Wildman–Crippen MR) is 76.8 cm³/mol. The minimum atomic E-state index is -0.315. The number of anilines is 1. The van der Waals surface area contributed by atoms with Crippen LogP contribution in [0.5, 0.6) is 0 Å². The molecule has 1 heterocycles. The molecule has 0 saturated heterocycles. The molecule has 3 N–H and O–H groups in total. The summed E-state index contributed by atoms with van der Waals surface area (Å²) in [6, 6.07) is 7.55. The van der Waals surface area contributed by atoms with Gasteiger partial charge in [0.05, 0.1) is 11.7 Å². The zero-order valence-corrected chi connectivity index (χ0v) is 11.6. The maximum absolute atomic E-state index is 13.2. The van der Waals surface area contributed by atoms with Gasteiger partial charge >= 0.3 is 0 Å². The van der Waals surface area contributed by atoms with Crippen LogP contribution in [-0.4, -0.2) is 10.5 Å². The summed E-state index contributed by atoms with van der Waals surface area (Å²) in [4.78, 5) is 12.2. The van der Waals surface area contributed by atoms with Crippen molar-refractivity contribution < 1.29 is 9.18 Å². The minimum absolute atomic E-state index is 0.222. The van der Waals surface area contributed by atoms with Crippen molar-refractivity contribution in [2.75, 3.05) is 5.73 Å². The summed E-state index contributed by atoms with van der Waals surface area (Å²) in [6.45, 7) is 4.41. The van der Waals surface area contributed by atoms with Gasteiger partial charge in [-0.25, -0.2) is 4.39 Å². The molecule has 106 valence electrons. The van der Waals surface area contributed by atoms with Gasteiger partial charge in [0.15, 0.2) is 0 Å². The van der Waals surface area contributed by atoms with Crippen molar-refractivity contribution in [3.8, 4) is 0 Å². The number of halogens is 1. The number of aryl methyl sites for hydroxylation is 1. The molecule has 1 aromatic carbocycles. The van der Waals surface area contributed by atoms with Crippen LogP contribution in [0.2, 0.25) is 0 Å². The maximum atomic E-state index is 13.2. The highest BCUT2D eigenvalue weighted by molar-refractivity contribution is 5.94. The highest BCUT2D eigenvalue weighted by Gasteiger charge is 2.15. The third kappa shape index (κ3) is 2.99. The van der Waals surface area contributed by atoms with Crippen LogP contribution in [0, 0.1) is 5.82 Å². The Morgan fingerprint density at radius 2 is 2.20 bits per heavy atom. The van der Waals surface area contributed by atoms with E-state index in [1.807, 2.05) is 13.8 Å². The number of benzene rings is 1. The van der Waals surface area contributed by atoms with Crippen LogP contribution in [0.3, 0.4) is 0 Å². The quantitative estimate of drug-likeness (QED) is 0.901. The fourth-order valence-corrected chi connectivity index (χ4v) is 2.11. The Morgan fingerprint density at radius 3 is 2.85 bits per heavy atom. The molecule has 0 spiro atoms. The van der Waals surface area contributed by atoms with Gasteiger partial charge in [0.25, 0.3) is 5.91 Å². The number of hydrogen-bond acceptors (Lipinski definition) is 2. The normalized spacial score (nSPS) is 12.2. The molecule has 0 radical (unpaired) electrons. The lowest BCUT2D eigenvalue weighted by molar-refractivity contribution is 0.0930. The molecule has 20 heavy (non-hydrogen) atoms. The zero-order valence-electron chi connectivity index (χ0n) is 11.6. The SMILES string of the molecule is CCn1cc(N)cc1C(=O)NC(C)c1cccc(F)c1. The van der Waals surface area contributed by atoms with Crippen LogP contribution in [0.15, 0.2) is 36.5 Å². The lowest BCUT2D eigenvalue weighted by Gasteiger charge is -2.15. The third-order valence-electron chi connectivity index (χ3n) is 3.19. The fraction of sp³-hybridized carbons (Fsp3) is 0.267. The number of hydrogen-bond donors (Lipinski definition) is 2. The van der Waals surface area contributed by atoms with Gasteiger partial charge in [0, 0.05) is 12.7 Å². The number of carbonyl (C=O) groups excluding carboxylic acids is 1. The van der Waals surface area contributed by atoms with E-state index in [0.717, 1.165) is 5.56 Å². The van der Waals surface area contributed by atoms with Gasteiger partial charge in [-0.2, -0.15) is 0 Å². The van der Waals surface area contributed by atoms with Crippen LogP contribution >= 0.6 is 0 Å². The summed E-state index contributed by atoms with van der Waals surface area (Å²) in [5, 5.41) is 2.85. The van der Waals surface area contributed by atoms with Crippen molar-refractivity contribution in [2.45, 2.75) is 26.4 Å². The highest BCUT2D eigenvalue weighted by Crippen LogP contribution is 2.16. The van der Waals surface area contributed by atoms with E-state index in [4.69, 9.17) is 5.73 Å². The van der Waals surface area contributed by atoms with E-state index in [1.54, 1.807) is 29.0 Å². The Balaban J connectivity index is 2.15. The molecule has 0 bridgehead atoms. The summed E-state index contributed by atoms with van der Waals surface area (Å²) in [6.07, 6.45) is 1.72. The van der Waals surface area contributed by atoms with E-state index in [2.05, 4.69) is 5.32 Å². The topological polar surface area (TPSA) is 60.0 Å². The molecule has 1 aromatic heterocycles. The molecule has 1 atom stereocenters. The Morgan fingerprint density at radius 1 is 1.45 bits per heavy atom. The summed E-state index contributed by atoms with van der Waals surface area (Å²) in [5.41, 5.74) is 7.49. The van der Waals surface area contributed by atoms with Crippen molar-refractivity contribution in [3.05, 3.63) is 53.6 Å². The molecule has 0 aliphatic rings. The Kier molecular flexibility index (Phi) is 4.08. The lowest BCUT2D eigenvalue weighted by Crippen LogP contribution is -2.28. The summed E-state index contributed by atoms with van der Waals surface area (Å²) >= 11 is 0. The van der Waals surface area contributed by atoms with Gasteiger partial charge in [-0.1, -0.05) is 12.1 Å². The van der Waals surface area contributed by atoms with E-state index in [0.29, 0.717) is 17.9 Å². The van der Waals surface area contributed by atoms with Gasteiger partial charge in [-0.15, -0.1) is 0 Å². The highest BCUT2D eigenvalue weighted by atomic mass is 19.1. The smallest absolute Gasteiger partial charge is 0.268 e. The van der Waals surface area contributed by atoms with E-state index >= 15 is 0 Å². The number of nitrogens with one attached hydrogen (secondary N) is 1. The van der Waals surface area contributed by atoms with Crippen molar-refractivity contribution >= 4 is 11.6 Å². The molecule has 0 fully saturated rings. The van der Waals surface area contributed by atoms with E-state index in [9.17, 15) is 9.18 Å². The van der Waals surface area contributed by atoms with Crippen LogP contribution in [0.1, 0.15) is 35.9 Å². The maximum Gasteiger partial charge on any atom is 0.268 e. The van der Waals surface area contributed by atoms with Crippen LogP contribution in [0.25, 0.3) is 0 Å². The van der Waals surface area contributed by atoms with Crippen LogP contribution in [-0.2, 0) is 6.54 Å². The first-order chi connectivity index (χ1) is 9.51. The fourth-order valence-electron chi connectivity index (χ4n) is 2.11. The Labute approximate surface area is 117 Å². The van der Waals surface area contributed by atoms with Gasteiger partial charge in [-0.3, -0.25) is 4.79 Å². The number of nitrogens with two attached hydrogens (primary N) is 1. The second-order valence-corrected chi connectivity index (χ2v) is 4.69. The third-order valence-corrected chi connectivity index (χ3v) is 3.19. The van der Waals surface area contributed by atoms with Crippen molar-refractivity contribution in [1.82, 2.24) is 9.88 Å². The average Bonchev–Trinajstić information content (AvgIpc) is 2.80. The molecule has 5 heteroatoms. The van der Waals surface area contributed by atoms with E-state index in [1.165, 1.54) is 12.1 Å². The largest absolute Gasteiger partial charge is 0.397 e. The average molecular weight is 275 g/mol. The molecule has 1 unspecified atom stereocenters. The van der Waals surface area contributed by atoms with E-state index in [-0.39, 0.29) is 17.8 Å². The molecule has 2 aromatic rings. The first-order valence-electron chi connectivity index (χ1n) is 6.53. The molecule has 0 saturated carbocycles. The first-order valence-corrected chi connectivity index (χ1v) is 6.53. The first kappa shape index (κ1) is 14.1. The second kappa shape index (κ2) is 5.77. The van der Waals surface area contributed by atoms with Gasteiger partial charge in [0.1, 0.15) is 11.5 Å². The van der Waals surface area contributed by atoms with Crippen molar-refractivity contribution in [2.24, 2.45) is 0 Å². The van der Waals surface area contributed by atoms with Crippen molar-refractivity contribution in [3.63, 3.8) is 0 Å². The monoisotopic (exact) mass is 275 g/mol. The number of carbonyl (C=O) groups is 1. The minimum Gasteiger partial charge on any atom is -0.397 e. The summed E-state index contributed by atoms with van der Waals surface area (Å²) in [5.74, 6) is -0.537. The van der Waals surface area contributed by atoms with Crippen LogP contribution in [0.4, 0.5) is 10.1 Å². The van der Waals surface area contributed by atoms with Crippen molar-refractivity contribution in [1.29, 1.82) is 0 Å². The molecule has 2 rings (SSSR count). The van der Waals surface area contributed by atoms with Gasteiger partial charge in [-0.05, 0) is 37.6 Å². The molecule has 4 nitrogen and oxygen atoms in total. The predicted octanol–water partition coefficient (Wildman–Crippen LogP) is 2.72. The zero-order chi connectivity index (χ0) is 14.7. The second-order valence-electron chi connectivity index (χ2n) is 4.69. The standard InChI is InChI=1S/C15H18FN3O/c1-3-19-9-13(17)8-14(19)15(20)18-10(2)11-5-4-6-12(16)7-11/h4-10H,3,17H2,1-2H3,(H,18,20). The number of nitrogens with zero attached hydrogens (tertiary/aromatic N) is 1. The number of rotatable bonds is 4. The molecule has 0 aliphatic heterocycles. The van der Waals surface area contributed by atoms with Crippen LogP contribution < -0.4 is 11.1 Å². The molecular weight excluding hydrogens is 257 g/mol. The summed E-state index contributed by atoms with van der Waals surface area (Å²) in [7, 11) is 0.